The molecular weight excluding hydrogens is 556 g/mol. The summed E-state index contributed by atoms with van der Waals surface area (Å²) in [6.07, 6.45) is 1.37. The van der Waals surface area contributed by atoms with Crippen molar-refractivity contribution in [2.45, 2.75) is 31.8 Å². The number of carbonyl (C=O) groups is 1. The molecule has 6 nitrogen and oxygen atoms in total. The van der Waals surface area contributed by atoms with Gasteiger partial charge in [0, 0.05) is 6.54 Å². The van der Waals surface area contributed by atoms with Crippen LogP contribution in [0.25, 0.3) is 10.8 Å². The third kappa shape index (κ3) is 5.41. The van der Waals surface area contributed by atoms with E-state index in [-0.39, 0.29) is 18.1 Å². The van der Waals surface area contributed by atoms with E-state index in [9.17, 15) is 4.79 Å². The molecule has 1 heterocycles. The minimum Gasteiger partial charge on any atom is -0.496 e. The lowest BCUT2D eigenvalue weighted by Gasteiger charge is -2.38. The van der Waals surface area contributed by atoms with Gasteiger partial charge >= 0.3 is 6.03 Å². The monoisotopic (exact) mass is 588 g/mol. The van der Waals surface area contributed by atoms with Crippen molar-refractivity contribution in [3.05, 3.63) is 99.5 Å². The molecule has 4 aromatic rings. The number of halogens is 1. The number of nitrogens with zero attached hydrogens (tertiary/aromatic N) is 1. The van der Waals surface area contributed by atoms with E-state index < -0.39 is 0 Å². The van der Waals surface area contributed by atoms with Gasteiger partial charge in [0.1, 0.15) is 5.75 Å². The summed E-state index contributed by atoms with van der Waals surface area (Å²) < 4.78 is 17.5. The van der Waals surface area contributed by atoms with Crippen LogP contribution in [0.5, 0.6) is 17.2 Å². The smallest absolute Gasteiger partial charge is 0.318 e. The number of amides is 2. The Labute approximate surface area is 238 Å². The topological polar surface area (TPSA) is 60.0 Å². The van der Waals surface area contributed by atoms with Crippen molar-refractivity contribution < 1.29 is 19.0 Å². The van der Waals surface area contributed by atoms with Crippen molar-refractivity contribution in [2.24, 2.45) is 0 Å². The third-order valence-electron chi connectivity index (χ3n) is 7.54. The Kier molecular flexibility index (Phi) is 7.98. The van der Waals surface area contributed by atoms with Crippen LogP contribution in [0.4, 0.5) is 4.79 Å². The van der Waals surface area contributed by atoms with Crippen molar-refractivity contribution in [1.29, 1.82) is 0 Å². The molecule has 0 unspecified atom stereocenters. The SMILES string of the molecule is COc1ccc(C[C@@H]2c3cc(OC)c(OC)cc3CCN2C(=O)N[C@H](C)c2cccc3ccccc23)cc1Br. The number of nitrogens with one attached hydrogen (secondary N) is 1. The Morgan fingerprint density at radius 1 is 0.949 bits per heavy atom. The van der Waals surface area contributed by atoms with E-state index in [1.807, 2.05) is 54.3 Å². The Balaban J connectivity index is 1.49. The molecule has 7 heteroatoms. The number of fused-ring (bicyclic) bond motifs is 2. The highest BCUT2D eigenvalue weighted by atomic mass is 79.9. The van der Waals surface area contributed by atoms with Gasteiger partial charge in [-0.1, -0.05) is 48.5 Å². The maximum absolute atomic E-state index is 13.9. The molecule has 39 heavy (non-hydrogen) atoms. The first kappa shape index (κ1) is 26.9. The quantitative estimate of drug-likeness (QED) is 0.247. The molecule has 0 aliphatic carbocycles. The molecule has 2 atom stereocenters. The lowest BCUT2D eigenvalue weighted by Crippen LogP contribution is -2.47. The van der Waals surface area contributed by atoms with Crippen molar-refractivity contribution in [2.75, 3.05) is 27.9 Å². The standard InChI is InChI=1S/C32H33BrN2O4/c1-20(24-11-7-9-22-8-5-6-10-25(22)24)34-32(36)35-15-14-23-18-30(38-3)31(39-4)19-26(23)28(35)17-21-12-13-29(37-2)27(33)16-21/h5-13,16,18-20,28H,14-15,17H2,1-4H3,(H,34,36)/t20-,28-/m1/s1. The van der Waals surface area contributed by atoms with Gasteiger partial charge in [-0.25, -0.2) is 4.79 Å². The third-order valence-corrected chi connectivity index (χ3v) is 8.16. The molecule has 0 aromatic heterocycles. The lowest BCUT2D eigenvalue weighted by molar-refractivity contribution is 0.165. The summed E-state index contributed by atoms with van der Waals surface area (Å²) >= 11 is 3.61. The van der Waals surface area contributed by atoms with Crippen LogP contribution in [0.2, 0.25) is 0 Å². The van der Waals surface area contributed by atoms with Crippen LogP contribution in [-0.2, 0) is 12.8 Å². The van der Waals surface area contributed by atoms with Crippen molar-refractivity contribution in [3.8, 4) is 17.2 Å². The number of benzene rings is 4. The molecule has 0 saturated carbocycles. The second-order valence-electron chi connectivity index (χ2n) is 9.78. The Morgan fingerprint density at radius 3 is 2.41 bits per heavy atom. The van der Waals surface area contributed by atoms with Crippen LogP contribution in [0.15, 0.2) is 77.3 Å². The highest BCUT2D eigenvalue weighted by Crippen LogP contribution is 2.40. The molecule has 202 valence electrons. The van der Waals surface area contributed by atoms with Gasteiger partial charge in [0.15, 0.2) is 11.5 Å². The minimum absolute atomic E-state index is 0.0894. The molecule has 0 bridgehead atoms. The summed E-state index contributed by atoms with van der Waals surface area (Å²) in [6.45, 7) is 2.64. The fourth-order valence-electron chi connectivity index (χ4n) is 5.53. The number of hydrogen-bond acceptors (Lipinski definition) is 4. The van der Waals surface area contributed by atoms with Gasteiger partial charge in [-0.15, -0.1) is 0 Å². The van der Waals surface area contributed by atoms with Crippen molar-refractivity contribution in [3.63, 3.8) is 0 Å². The zero-order valence-corrected chi connectivity index (χ0v) is 24.2. The molecule has 0 spiro atoms. The molecular formula is C32H33BrN2O4. The number of carbonyl (C=O) groups excluding carboxylic acids is 1. The second-order valence-corrected chi connectivity index (χ2v) is 10.6. The summed E-state index contributed by atoms with van der Waals surface area (Å²) in [5, 5.41) is 5.59. The first-order chi connectivity index (χ1) is 18.9. The summed E-state index contributed by atoms with van der Waals surface area (Å²) in [7, 11) is 4.94. The van der Waals surface area contributed by atoms with E-state index in [1.54, 1.807) is 21.3 Å². The normalized spacial score (nSPS) is 15.4. The highest BCUT2D eigenvalue weighted by molar-refractivity contribution is 9.10. The highest BCUT2D eigenvalue weighted by Gasteiger charge is 2.33. The Morgan fingerprint density at radius 2 is 1.67 bits per heavy atom. The van der Waals surface area contributed by atoms with Gasteiger partial charge in [0.05, 0.1) is 37.9 Å². The molecule has 0 saturated heterocycles. The van der Waals surface area contributed by atoms with Crippen LogP contribution < -0.4 is 19.5 Å². The molecule has 1 N–H and O–H groups in total. The number of urea groups is 1. The predicted molar refractivity (Wildman–Crippen MR) is 158 cm³/mol. The fourth-order valence-corrected chi connectivity index (χ4v) is 6.11. The van der Waals surface area contributed by atoms with Crippen LogP contribution in [0, 0.1) is 0 Å². The van der Waals surface area contributed by atoms with E-state index in [1.165, 1.54) is 0 Å². The average molecular weight is 590 g/mol. The van der Waals surface area contributed by atoms with Gasteiger partial charge in [0.2, 0.25) is 0 Å². The predicted octanol–water partition coefficient (Wildman–Crippen LogP) is 7.24. The van der Waals surface area contributed by atoms with Gasteiger partial charge in [-0.05, 0) is 93.0 Å². The first-order valence-corrected chi connectivity index (χ1v) is 13.8. The van der Waals surface area contributed by atoms with Gasteiger partial charge in [-0.3, -0.25) is 0 Å². The molecule has 5 rings (SSSR count). The van der Waals surface area contributed by atoms with E-state index in [4.69, 9.17) is 14.2 Å². The molecule has 0 radical (unpaired) electrons. The van der Waals surface area contributed by atoms with Gasteiger partial charge < -0.3 is 24.4 Å². The summed E-state index contributed by atoms with van der Waals surface area (Å²) in [5.74, 6) is 2.13. The summed E-state index contributed by atoms with van der Waals surface area (Å²) in [5.41, 5.74) is 4.42. The zero-order valence-electron chi connectivity index (χ0n) is 22.7. The van der Waals surface area contributed by atoms with Crippen LogP contribution in [0.3, 0.4) is 0 Å². The largest absolute Gasteiger partial charge is 0.496 e. The molecule has 0 fully saturated rings. The summed E-state index contributed by atoms with van der Waals surface area (Å²) in [6, 6.07) is 24.2. The number of ether oxygens (including phenoxy) is 3. The maximum Gasteiger partial charge on any atom is 0.318 e. The first-order valence-electron chi connectivity index (χ1n) is 13.1. The van der Waals surface area contributed by atoms with Gasteiger partial charge in [-0.2, -0.15) is 0 Å². The second kappa shape index (κ2) is 11.6. The Bertz CT molecular complexity index is 1500. The maximum atomic E-state index is 13.9. The van der Waals surface area contributed by atoms with Crippen LogP contribution in [0.1, 0.15) is 41.3 Å². The van der Waals surface area contributed by atoms with E-state index in [0.717, 1.165) is 49.7 Å². The van der Waals surface area contributed by atoms with Gasteiger partial charge in [0.25, 0.3) is 0 Å². The number of hydrogen-bond donors (Lipinski definition) is 1. The van der Waals surface area contributed by atoms with Crippen molar-refractivity contribution in [1.82, 2.24) is 10.2 Å². The molecule has 1 aliphatic heterocycles. The molecule has 4 aromatic carbocycles. The fraction of sp³-hybridized carbons (Fsp3) is 0.281. The van der Waals surface area contributed by atoms with E-state index >= 15 is 0 Å². The summed E-state index contributed by atoms with van der Waals surface area (Å²) in [4.78, 5) is 15.9. The zero-order chi connectivity index (χ0) is 27.5. The number of rotatable bonds is 7. The van der Waals surface area contributed by atoms with E-state index in [2.05, 4.69) is 51.6 Å². The number of methoxy groups -OCH3 is 3. The van der Waals surface area contributed by atoms with Crippen molar-refractivity contribution >= 4 is 32.7 Å². The van der Waals surface area contributed by atoms with Crippen LogP contribution in [-0.4, -0.2) is 38.8 Å². The molecule has 2 amide bonds. The minimum atomic E-state index is -0.187. The average Bonchev–Trinajstić information content (AvgIpc) is 2.96. The Hall–Kier alpha value is -3.71. The lowest BCUT2D eigenvalue weighted by atomic mass is 9.88. The van der Waals surface area contributed by atoms with Crippen LogP contribution >= 0.6 is 15.9 Å². The van der Waals surface area contributed by atoms with E-state index in [0.29, 0.717) is 24.5 Å². The molecule has 1 aliphatic rings.